The first-order valence-electron chi connectivity index (χ1n) is 10.9. The summed E-state index contributed by atoms with van der Waals surface area (Å²) >= 11 is 0. The van der Waals surface area contributed by atoms with Gasteiger partial charge in [-0.1, -0.05) is 32.8 Å². The van der Waals surface area contributed by atoms with Crippen LogP contribution in [0.1, 0.15) is 65.2 Å². The Hall–Kier alpha value is -2.10. The molecule has 2 fully saturated rings. The molecule has 6 aliphatic rings. The molecule has 0 amide bonds. The van der Waals surface area contributed by atoms with E-state index in [1.54, 1.807) is 0 Å². The normalized spacial score (nSPS) is 38.4. The summed E-state index contributed by atoms with van der Waals surface area (Å²) in [5.74, 6) is 1.96. The number of carbonyl (C=O) groups excluding carboxylic acids is 2. The number of hydrogen-bond acceptors (Lipinski definition) is 4. The molecule has 0 radical (unpaired) electrons. The number of fused-ring (bicyclic) bond motifs is 1. The summed E-state index contributed by atoms with van der Waals surface area (Å²) in [4.78, 5) is 25.8. The summed E-state index contributed by atoms with van der Waals surface area (Å²) in [6.07, 6.45) is 14.1. The maximum atomic E-state index is 13.0. The molecule has 1 saturated carbocycles. The van der Waals surface area contributed by atoms with Crippen LogP contribution in [0.5, 0.6) is 0 Å². The zero-order valence-electron chi connectivity index (χ0n) is 16.8. The molecule has 148 valence electrons. The monoisotopic (exact) mass is 380 g/mol. The van der Waals surface area contributed by atoms with Gasteiger partial charge in [0.25, 0.3) is 0 Å². The van der Waals surface area contributed by atoms with Crippen LogP contribution in [-0.4, -0.2) is 11.9 Å². The van der Waals surface area contributed by atoms with Crippen LogP contribution in [0.2, 0.25) is 0 Å². The van der Waals surface area contributed by atoms with Crippen LogP contribution in [0, 0.1) is 23.2 Å². The van der Waals surface area contributed by atoms with Gasteiger partial charge in [-0.3, -0.25) is 0 Å². The molecule has 4 nitrogen and oxygen atoms in total. The van der Waals surface area contributed by atoms with Crippen molar-refractivity contribution in [3.05, 3.63) is 46.5 Å². The van der Waals surface area contributed by atoms with Gasteiger partial charge in [0, 0.05) is 22.6 Å². The van der Waals surface area contributed by atoms with Crippen LogP contribution in [-0.2, 0) is 19.1 Å². The average molecular weight is 380 g/mol. The lowest BCUT2D eigenvalue weighted by molar-refractivity contribution is -0.135. The van der Waals surface area contributed by atoms with Gasteiger partial charge in [-0.15, -0.1) is 0 Å². The fourth-order valence-corrected chi connectivity index (χ4v) is 6.29. The fourth-order valence-electron chi connectivity index (χ4n) is 6.29. The summed E-state index contributed by atoms with van der Waals surface area (Å²) < 4.78 is 11.6. The lowest BCUT2D eigenvalue weighted by Crippen LogP contribution is -2.50. The Morgan fingerprint density at radius 1 is 1.07 bits per heavy atom. The lowest BCUT2D eigenvalue weighted by atomic mass is 9.47. The van der Waals surface area contributed by atoms with Crippen LogP contribution in [0.3, 0.4) is 0 Å². The van der Waals surface area contributed by atoms with Gasteiger partial charge in [0.2, 0.25) is 0 Å². The highest BCUT2D eigenvalue weighted by molar-refractivity contribution is 5.99. The first-order chi connectivity index (χ1) is 13.6. The average Bonchev–Trinajstić information content (AvgIpc) is 3.19. The first kappa shape index (κ1) is 18.0. The van der Waals surface area contributed by atoms with E-state index in [1.165, 1.54) is 0 Å². The van der Waals surface area contributed by atoms with E-state index in [4.69, 9.17) is 9.47 Å². The molecule has 6 rings (SSSR count). The highest BCUT2D eigenvalue weighted by Gasteiger charge is 2.66. The maximum absolute atomic E-state index is 13.0. The summed E-state index contributed by atoms with van der Waals surface area (Å²) in [5, 5.41) is 0. The molecule has 0 aromatic carbocycles. The summed E-state index contributed by atoms with van der Waals surface area (Å²) in [5.41, 5.74) is 2.29. The molecular formula is C24H28O4. The number of cyclic esters (lactones) is 2. The van der Waals surface area contributed by atoms with Gasteiger partial charge < -0.3 is 9.47 Å². The van der Waals surface area contributed by atoms with Gasteiger partial charge >= 0.3 is 11.9 Å². The predicted octanol–water partition coefficient (Wildman–Crippen LogP) is 5.13. The molecule has 2 bridgehead atoms. The van der Waals surface area contributed by atoms with Crippen molar-refractivity contribution in [1.29, 1.82) is 0 Å². The SMILES string of the molecule is CCC/C=C1\OC(=O)C2=C1CCC1C3C=C4C(=O)O/C(=C\CCC)C4(CC3)C21. The smallest absolute Gasteiger partial charge is 0.340 e. The third kappa shape index (κ3) is 2.23. The van der Waals surface area contributed by atoms with E-state index in [9.17, 15) is 9.59 Å². The third-order valence-electron chi connectivity index (χ3n) is 7.43. The van der Waals surface area contributed by atoms with Crippen molar-refractivity contribution in [2.75, 3.05) is 0 Å². The summed E-state index contributed by atoms with van der Waals surface area (Å²) in [7, 11) is 0. The molecule has 0 N–H and O–H groups in total. The Morgan fingerprint density at radius 2 is 1.86 bits per heavy atom. The zero-order chi connectivity index (χ0) is 19.5. The Morgan fingerprint density at radius 3 is 2.64 bits per heavy atom. The van der Waals surface area contributed by atoms with E-state index in [2.05, 4.69) is 32.1 Å². The van der Waals surface area contributed by atoms with Gasteiger partial charge in [0.05, 0.1) is 5.41 Å². The van der Waals surface area contributed by atoms with Gasteiger partial charge in [0.15, 0.2) is 0 Å². The topological polar surface area (TPSA) is 52.6 Å². The second-order valence-electron chi connectivity index (χ2n) is 8.82. The number of carbonyl (C=O) groups is 2. The highest BCUT2D eigenvalue weighted by Crippen LogP contribution is 2.68. The van der Waals surface area contributed by atoms with E-state index in [0.717, 1.165) is 79.6 Å². The second-order valence-corrected chi connectivity index (χ2v) is 8.82. The quantitative estimate of drug-likeness (QED) is 0.635. The number of unbranched alkanes of at least 4 members (excludes halogenated alkanes) is 2. The molecular weight excluding hydrogens is 352 g/mol. The van der Waals surface area contributed by atoms with Crippen molar-refractivity contribution in [1.82, 2.24) is 0 Å². The Bertz CT molecular complexity index is 871. The molecule has 4 heteroatoms. The molecule has 1 saturated heterocycles. The largest absolute Gasteiger partial charge is 0.427 e. The number of esters is 2. The molecule has 0 aromatic rings. The number of allylic oxidation sites excluding steroid dienone is 5. The maximum Gasteiger partial charge on any atom is 0.340 e. The van der Waals surface area contributed by atoms with Crippen LogP contribution < -0.4 is 0 Å². The summed E-state index contributed by atoms with van der Waals surface area (Å²) in [6, 6.07) is 0. The van der Waals surface area contributed by atoms with E-state index in [-0.39, 0.29) is 17.9 Å². The van der Waals surface area contributed by atoms with Crippen LogP contribution in [0.4, 0.5) is 0 Å². The Labute approximate surface area is 166 Å². The molecule has 0 aromatic heterocycles. The minimum Gasteiger partial charge on any atom is -0.427 e. The number of rotatable bonds is 4. The van der Waals surface area contributed by atoms with Gasteiger partial charge in [-0.05, 0) is 62.5 Å². The van der Waals surface area contributed by atoms with Crippen molar-refractivity contribution in [2.45, 2.75) is 65.2 Å². The Balaban J connectivity index is 1.68. The van der Waals surface area contributed by atoms with Crippen molar-refractivity contribution in [3.8, 4) is 0 Å². The fraction of sp³-hybridized carbons (Fsp3) is 0.583. The molecule has 4 unspecified atom stereocenters. The second kappa shape index (κ2) is 6.47. The van der Waals surface area contributed by atoms with Crippen LogP contribution in [0.15, 0.2) is 46.5 Å². The standard InChI is InChI=1S/C24H28O4/c1-3-5-7-18-16-10-9-15-14-11-12-24(21(15)20(16)23(26)27-18)17(13-14)22(25)28-19(24)8-6-4-2/h7-8,13-15,21H,3-6,9-12H2,1-2H3/b18-7-,19-8-. The number of ether oxygens (including phenoxy) is 2. The first-order valence-corrected chi connectivity index (χ1v) is 10.9. The molecule has 4 atom stereocenters. The molecule has 2 aliphatic heterocycles. The van der Waals surface area contributed by atoms with Crippen LogP contribution >= 0.6 is 0 Å². The van der Waals surface area contributed by atoms with E-state index >= 15 is 0 Å². The predicted molar refractivity (Wildman–Crippen MR) is 105 cm³/mol. The molecule has 2 heterocycles. The van der Waals surface area contributed by atoms with Crippen molar-refractivity contribution < 1.29 is 19.1 Å². The van der Waals surface area contributed by atoms with E-state index in [0.29, 0.717) is 11.8 Å². The van der Waals surface area contributed by atoms with Gasteiger partial charge in [-0.25, -0.2) is 9.59 Å². The minimum atomic E-state index is -0.452. The minimum absolute atomic E-state index is 0.0181. The van der Waals surface area contributed by atoms with E-state index in [1.807, 2.05) is 0 Å². The Kier molecular flexibility index (Phi) is 4.15. The van der Waals surface area contributed by atoms with Crippen molar-refractivity contribution in [3.63, 3.8) is 0 Å². The number of hydrogen-bond donors (Lipinski definition) is 0. The van der Waals surface area contributed by atoms with Crippen molar-refractivity contribution in [2.24, 2.45) is 23.2 Å². The van der Waals surface area contributed by atoms with Crippen molar-refractivity contribution >= 4 is 11.9 Å². The molecule has 28 heavy (non-hydrogen) atoms. The molecule has 4 aliphatic carbocycles. The van der Waals surface area contributed by atoms with Gasteiger partial charge in [-0.2, -0.15) is 0 Å². The van der Waals surface area contributed by atoms with Gasteiger partial charge in [0.1, 0.15) is 11.5 Å². The third-order valence-corrected chi connectivity index (χ3v) is 7.43. The van der Waals surface area contributed by atoms with Crippen LogP contribution in [0.25, 0.3) is 0 Å². The zero-order valence-corrected chi connectivity index (χ0v) is 16.8. The lowest BCUT2D eigenvalue weighted by Gasteiger charge is -2.54. The highest BCUT2D eigenvalue weighted by atomic mass is 16.5. The van der Waals surface area contributed by atoms with E-state index < -0.39 is 5.41 Å². The molecule has 1 spiro atoms. The summed E-state index contributed by atoms with van der Waals surface area (Å²) in [6.45, 7) is 4.26.